The Labute approximate surface area is 145 Å². The highest BCUT2D eigenvalue weighted by Gasteiger charge is 2.28. The normalized spacial score (nSPS) is 18.6. The van der Waals surface area contributed by atoms with Gasteiger partial charge in [-0.05, 0) is 24.5 Å². The molecule has 0 radical (unpaired) electrons. The third-order valence-corrected chi connectivity index (χ3v) is 4.74. The summed E-state index contributed by atoms with van der Waals surface area (Å²) in [5, 5.41) is 2.94. The van der Waals surface area contributed by atoms with E-state index in [-0.39, 0.29) is 17.7 Å². The van der Waals surface area contributed by atoms with Crippen LogP contribution >= 0.6 is 0 Å². The van der Waals surface area contributed by atoms with Crippen LogP contribution in [0, 0.1) is 5.92 Å². The molecule has 1 unspecified atom stereocenters. The summed E-state index contributed by atoms with van der Waals surface area (Å²) < 4.78 is 5.56. The highest BCUT2D eigenvalue weighted by atomic mass is 16.5. The van der Waals surface area contributed by atoms with Crippen LogP contribution in [-0.2, 0) is 16.0 Å². The number of nitrogens with zero attached hydrogens (tertiary/aromatic N) is 2. The minimum Gasteiger partial charge on any atom is -0.489 e. The van der Waals surface area contributed by atoms with Crippen molar-refractivity contribution in [2.45, 2.75) is 19.3 Å². The van der Waals surface area contributed by atoms with E-state index in [2.05, 4.69) is 10.3 Å². The topological polar surface area (TPSA) is 71.5 Å². The first-order chi connectivity index (χ1) is 12.2. The fraction of sp³-hybridized carbons (Fsp3) is 0.316. The van der Waals surface area contributed by atoms with Gasteiger partial charge in [0.05, 0.1) is 12.7 Å². The van der Waals surface area contributed by atoms with Gasteiger partial charge in [-0.2, -0.15) is 0 Å². The van der Waals surface area contributed by atoms with Crippen molar-refractivity contribution >= 4 is 23.2 Å². The number of fused-ring (bicyclic) bond motifs is 2. The molecule has 6 heteroatoms. The molecule has 2 aromatic rings. The van der Waals surface area contributed by atoms with Crippen LogP contribution in [0.3, 0.4) is 0 Å². The summed E-state index contributed by atoms with van der Waals surface area (Å²) in [6.07, 6.45) is 4.84. The van der Waals surface area contributed by atoms with E-state index in [0.717, 1.165) is 11.3 Å². The van der Waals surface area contributed by atoms with Crippen molar-refractivity contribution in [1.82, 2.24) is 4.98 Å². The molecular weight excluding hydrogens is 318 g/mol. The smallest absolute Gasteiger partial charge is 0.227 e. The molecule has 1 atom stereocenters. The van der Waals surface area contributed by atoms with E-state index >= 15 is 0 Å². The molecule has 0 bridgehead atoms. The second-order valence-electron chi connectivity index (χ2n) is 6.32. The lowest BCUT2D eigenvalue weighted by molar-refractivity contribution is -0.121. The van der Waals surface area contributed by atoms with Crippen molar-refractivity contribution in [2.24, 2.45) is 5.92 Å². The molecule has 1 aromatic carbocycles. The molecule has 2 aliphatic heterocycles. The third-order valence-electron chi connectivity index (χ3n) is 4.74. The second-order valence-corrected chi connectivity index (χ2v) is 6.32. The zero-order valence-electron chi connectivity index (χ0n) is 13.8. The molecule has 6 nitrogen and oxygen atoms in total. The van der Waals surface area contributed by atoms with Crippen LogP contribution in [0.25, 0.3) is 0 Å². The van der Waals surface area contributed by atoms with Gasteiger partial charge < -0.3 is 15.0 Å². The predicted molar refractivity (Wildman–Crippen MR) is 93.6 cm³/mol. The van der Waals surface area contributed by atoms with Crippen LogP contribution in [0.5, 0.6) is 5.75 Å². The summed E-state index contributed by atoms with van der Waals surface area (Å²) in [6.45, 7) is 0.983. The highest BCUT2D eigenvalue weighted by Crippen LogP contribution is 2.32. The average Bonchev–Trinajstić information content (AvgIpc) is 2.65. The summed E-state index contributed by atoms with van der Waals surface area (Å²) in [5.74, 6) is 0.506. The highest BCUT2D eigenvalue weighted by molar-refractivity contribution is 5.97. The number of benzene rings is 1. The van der Waals surface area contributed by atoms with E-state index in [1.54, 1.807) is 23.4 Å². The molecule has 0 spiro atoms. The first-order valence-corrected chi connectivity index (χ1v) is 8.48. The molecule has 2 amide bonds. The standard InChI is InChI=1S/C19H19N3O3/c23-18(22-9-10-25-17-7-8-20-12-16(17)22)6-5-14-11-13-3-1-2-4-15(13)21-19(14)24/h1-4,7-8,12,14H,5-6,9-11H2,(H,21,24). The van der Waals surface area contributed by atoms with Gasteiger partial charge in [0.25, 0.3) is 0 Å². The monoisotopic (exact) mass is 337 g/mol. The lowest BCUT2D eigenvalue weighted by Crippen LogP contribution is -2.39. The molecule has 0 fully saturated rings. The Balaban J connectivity index is 1.42. The first kappa shape index (κ1) is 15.6. The number of hydrogen-bond acceptors (Lipinski definition) is 4. The minimum absolute atomic E-state index is 0.00390. The Morgan fingerprint density at radius 3 is 3.12 bits per heavy atom. The number of aromatic nitrogens is 1. The van der Waals surface area contributed by atoms with E-state index in [4.69, 9.17) is 4.74 Å². The molecule has 4 rings (SSSR count). The van der Waals surface area contributed by atoms with Crippen LogP contribution in [0.1, 0.15) is 18.4 Å². The number of amides is 2. The van der Waals surface area contributed by atoms with Gasteiger partial charge in [0.1, 0.15) is 18.0 Å². The lowest BCUT2D eigenvalue weighted by Gasteiger charge is -2.30. The molecule has 1 aromatic heterocycles. The quantitative estimate of drug-likeness (QED) is 0.933. The summed E-state index contributed by atoms with van der Waals surface area (Å²) in [7, 11) is 0. The summed E-state index contributed by atoms with van der Waals surface area (Å²) in [6, 6.07) is 9.57. The number of para-hydroxylation sites is 1. The van der Waals surface area contributed by atoms with Crippen LogP contribution in [-0.4, -0.2) is 29.9 Å². The Hall–Kier alpha value is -2.89. The number of hydrogen-bond donors (Lipinski definition) is 1. The van der Waals surface area contributed by atoms with Gasteiger partial charge in [-0.1, -0.05) is 18.2 Å². The van der Waals surface area contributed by atoms with E-state index in [9.17, 15) is 9.59 Å². The fourth-order valence-electron chi connectivity index (χ4n) is 3.40. The maximum atomic E-state index is 12.7. The lowest BCUT2D eigenvalue weighted by atomic mass is 9.89. The second kappa shape index (κ2) is 6.55. The van der Waals surface area contributed by atoms with Gasteiger partial charge in [-0.15, -0.1) is 0 Å². The third kappa shape index (κ3) is 3.07. The zero-order valence-corrected chi connectivity index (χ0v) is 13.8. The van der Waals surface area contributed by atoms with E-state index in [1.165, 1.54) is 0 Å². The van der Waals surface area contributed by atoms with E-state index in [1.807, 2.05) is 24.3 Å². The molecule has 2 aliphatic rings. The number of carbonyl (C=O) groups is 2. The van der Waals surface area contributed by atoms with Gasteiger partial charge in [-0.25, -0.2) is 0 Å². The summed E-state index contributed by atoms with van der Waals surface area (Å²) >= 11 is 0. The van der Waals surface area contributed by atoms with Gasteiger partial charge in [0, 0.05) is 30.3 Å². The van der Waals surface area contributed by atoms with Crippen molar-refractivity contribution in [3.63, 3.8) is 0 Å². The summed E-state index contributed by atoms with van der Waals surface area (Å²) in [5.41, 5.74) is 2.71. The predicted octanol–water partition coefficient (Wildman–Crippen LogP) is 2.40. The maximum Gasteiger partial charge on any atom is 0.227 e. The van der Waals surface area contributed by atoms with Gasteiger partial charge in [0.2, 0.25) is 11.8 Å². The molecular formula is C19H19N3O3. The zero-order chi connectivity index (χ0) is 17.2. The molecule has 25 heavy (non-hydrogen) atoms. The molecule has 128 valence electrons. The van der Waals surface area contributed by atoms with E-state index < -0.39 is 0 Å². The molecule has 0 saturated carbocycles. The molecule has 0 saturated heterocycles. The van der Waals surface area contributed by atoms with Crippen molar-refractivity contribution in [2.75, 3.05) is 23.4 Å². The van der Waals surface area contributed by atoms with Crippen LogP contribution in [0.4, 0.5) is 11.4 Å². The van der Waals surface area contributed by atoms with Crippen molar-refractivity contribution in [1.29, 1.82) is 0 Å². The Morgan fingerprint density at radius 1 is 1.32 bits per heavy atom. The van der Waals surface area contributed by atoms with Crippen molar-refractivity contribution in [3.05, 3.63) is 48.3 Å². The maximum absolute atomic E-state index is 12.7. The number of ether oxygens (including phenoxy) is 1. The number of carbonyl (C=O) groups excluding carboxylic acids is 2. The van der Waals surface area contributed by atoms with E-state index in [0.29, 0.717) is 43.9 Å². The van der Waals surface area contributed by atoms with Crippen molar-refractivity contribution < 1.29 is 14.3 Å². The summed E-state index contributed by atoms with van der Waals surface area (Å²) in [4.78, 5) is 30.7. The number of rotatable bonds is 3. The fourth-order valence-corrected chi connectivity index (χ4v) is 3.40. The molecule has 3 heterocycles. The van der Waals surface area contributed by atoms with Crippen LogP contribution in [0.2, 0.25) is 0 Å². The first-order valence-electron chi connectivity index (χ1n) is 8.48. The SMILES string of the molecule is O=C1Nc2ccccc2CC1CCC(=O)N1CCOc2ccncc21. The minimum atomic E-state index is -0.173. The van der Waals surface area contributed by atoms with Gasteiger partial charge in [-0.3, -0.25) is 14.6 Å². The van der Waals surface area contributed by atoms with Gasteiger partial charge >= 0.3 is 0 Å². The number of anilines is 2. The Kier molecular flexibility index (Phi) is 4.09. The van der Waals surface area contributed by atoms with Crippen LogP contribution < -0.4 is 15.0 Å². The number of nitrogens with one attached hydrogen (secondary N) is 1. The average molecular weight is 337 g/mol. The number of pyridine rings is 1. The Morgan fingerprint density at radius 2 is 2.20 bits per heavy atom. The van der Waals surface area contributed by atoms with Crippen LogP contribution in [0.15, 0.2) is 42.7 Å². The van der Waals surface area contributed by atoms with Crippen molar-refractivity contribution in [3.8, 4) is 5.75 Å². The van der Waals surface area contributed by atoms with Gasteiger partial charge in [0.15, 0.2) is 0 Å². The largest absolute Gasteiger partial charge is 0.489 e. The Bertz CT molecular complexity index is 821. The molecule has 1 N–H and O–H groups in total. The molecule has 0 aliphatic carbocycles.